The summed E-state index contributed by atoms with van der Waals surface area (Å²) in [5, 5.41) is 9.20. The van der Waals surface area contributed by atoms with Crippen LogP contribution >= 0.6 is 0 Å². The zero-order valence-corrected chi connectivity index (χ0v) is 8.71. The molecule has 0 aliphatic rings. The maximum absolute atomic E-state index is 9.20. The van der Waals surface area contributed by atoms with Gasteiger partial charge in [0.15, 0.2) is 0 Å². The molecule has 2 heteroatoms. The Hall–Kier alpha value is -1.38. The number of rotatable bonds is 5. The predicted molar refractivity (Wildman–Crippen MR) is 63.3 cm³/mol. The highest BCUT2D eigenvalue weighted by Crippen LogP contribution is 2.13. The van der Waals surface area contributed by atoms with Crippen LogP contribution in [0.5, 0.6) is 0 Å². The molecule has 0 saturated carbocycles. The maximum atomic E-state index is 9.20. The van der Waals surface area contributed by atoms with Crippen LogP contribution in [0.4, 0.5) is 0 Å². The maximum Gasteiger partial charge on any atom is 0.0900 e. The number of aliphatic hydroxyl groups is 1. The van der Waals surface area contributed by atoms with Crippen molar-refractivity contribution in [3.63, 3.8) is 0 Å². The Bertz CT molecular complexity index is 319. The molecule has 1 rings (SSSR count). The van der Waals surface area contributed by atoms with E-state index >= 15 is 0 Å². The van der Waals surface area contributed by atoms with Crippen LogP contribution in [0, 0.1) is 0 Å². The molecule has 2 atom stereocenters. The molecule has 0 amide bonds. The van der Waals surface area contributed by atoms with E-state index in [4.69, 9.17) is 5.73 Å². The Labute approximate surface area is 90.7 Å². The first kappa shape index (κ1) is 11.7. The normalized spacial score (nSPS) is 15.1. The van der Waals surface area contributed by atoms with Crippen LogP contribution in [0.2, 0.25) is 0 Å². The van der Waals surface area contributed by atoms with Crippen LogP contribution in [0.25, 0.3) is 0 Å². The lowest BCUT2D eigenvalue weighted by Crippen LogP contribution is -2.09. The van der Waals surface area contributed by atoms with E-state index in [1.807, 2.05) is 36.4 Å². The topological polar surface area (TPSA) is 46.2 Å². The average molecular weight is 203 g/mol. The van der Waals surface area contributed by atoms with Gasteiger partial charge in [0.2, 0.25) is 0 Å². The van der Waals surface area contributed by atoms with Crippen molar-refractivity contribution in [2.45, 2.75) is 18.6 Å². The largest absolute Gasteiger partial charge is 0.385 e. The highest BCUT2D eigenvalue weighted by molar-refractivity contribution is 5.19. The lowest BCUT2D eigenvalue weighted by Gasteiger charge is -2.08. The molecule has 0 fully saturated rings. The zero-order chi connectivity index (χ0) is 11.1. The predicted octanol–water partition coefficient (Wildman–Crippen LogP) is 2.18. The van der Waals surface area contributed by atoms with Gasteiger partial charge in [-0.25, -0.2) is 0 Å². The van der Waals surface area contributed by atoms with Gasteiger partial charge in [-0.05, 0) is 12.0 Å². The van der Waals surface area contributed by atoms with E-state index in [9.17, 15) is 5.11 Å². The molecule has 1 aromatic carbocycles. The molecule has 80 valence electrons. The molecule has 0 bridgehead atoms. The Morgan fingerprint density at radius 2 is 2.00 bits per heavy atom. The second-order valence-corrected chi connectivity index (χ2v) is 3.41. The molecule has 0 saturated heterocycles. The molecule has 0 aromatic heterocycles. The molecule has 0 unspecified atom stereocenters. The Morgan fingerprint density at radius 3 is 2.60 bits per heavy atom. The summed E-state index contributed by atoms with van der Waals surface area (Å²) in [5.74, 6) is 0. The lowest BCUT2D eigenvalue weighted by atomic mass is 10.0. The molecule has 2 nitrogen and oxygen atoms in total. The molecule has 0 spiro atoms. The Kier molecular flexibility index (Phi) is 4.81. The van der Waals surface area contributed by atoms with Crippen molar-refractivity contribution in [3.05, 3.63) is 60.7 Å². The van der Waals surface area contributed by atoms with E-state index in [2.05, 4.69) is 6.58 Å². The SMILES string of the molecule is C=C[C@H](O)/C=C\C[C@H](N)c1ccccc1. The van der Waals surface area contributed by atoms with Crippen molar-refractivity contribution in [2.75, 3.05) is 0 Å². The first-order valence-corrected chi connectivity index (χ1v) is 5.02. The van der Waals surface area contributed by atoms with E-state index < -0.39 is 6.10 Å². The average Bonchev–Trinajstić information content (AvgIpc) is 2.29. The van der Waals surface area contributed by atoms with Crippen molar-refractivity contribution in [1.29, 1.82) is 0 Å². The highest BCUT2D eigenvalue weighted by Gasteiger charge is 2.02. The summed E-state index contributed by atoms with van der Waals surface area (Å²) in [6.07, 6.45) is 5.19. The van der Waals surface area contributed by atoms with Crippen LogP contribution in [-0.2, 0) is 0 Å². The fraction of sp³-hybridized carbons (Fsp3) is 0.231. The number of benzene rings is 1. The first-order chi connectivity index (χ1) is 7.24. The van der Waals surface area contributed by atoms with E-state index in [0.717, 1.165) is 12.0 Å². The highest BCUT2D eigenvalue weighted by atomic mass is 16.3. The lowest BCUT2D eigenvalue weighted by molar-refractivity contribution is 0.271. The van der Waals surface area contributed by atoms with E-state index in [-0.39, 0.29) is 6.04 Å². The molecule has 0 aliphatic carbocycles. The molecular weight excluding hydrogens is 186 g/mol. The Balaban J connectivity index is 2.46. The second kappa shape index (κ2) is 6.17. The van der Waals surface area contributed by atoms with Crippen LogP contribution < -0.4 is 5.73 Å². The van der Waals surface area contributed by atoms with Crippen LogP contribution in [0.15, 0.2) is 55.1 Å². The van der Waals surface area contributed by atoms with Gasteiger partial charge in [-0.2, -0.15) is 0 Å². The summed E-state index contributed by atoms with van der Waals surface area (Å²) in [6.45, 7) is 3.48. The summed E-state index contributed by atoms with van der Waals surface area (Å²) < 4.78 is 0. The number of hydrogen-bond acceptors (Lipinski definition) is 2. The second-order valence-electron chi connectivity index (χ2n) is 3.41. The fourth-order valence-electron chi connectivity index (χ4n) is 1.28. The standard InChI is InChI=1S/C13H17NO/c1-2-12(15)9-6-10-13(14)11-7-4-3-5-8-11/h2-9,12-13,15H,1,10,14H2/b9-6-/t12-,13-/m0/s1. The summed E-state index contributed by atoms with van der Waals surface area (Å²) in [7, 11) is 0. The molecule has 15 heavy (non-hydrogen) atoms. The third kappa shape index (κ3) is 4.11. The van der Waals surface area contributed by atoms with Gasteiger partial charge in [0.05, 0.1) is 6.10 Å². The quantitative estimate of drug-likeness (QED) is 0.720. The molecule has 0 heterocycles. The summed E-state index contributed by atoms with van der Waals surface area (Å²) >= 11 is 0. The van der Waals surface area contributed by atoms with E-state index in [0.29, 0.717) is 0 Å². The van der Waals surface area contributed by atoms with Gasteiger partial charge >= 0.3 is 0 Å². The number of aliphatic hydroxyl groups excluding tert-OH is 1. The van der Waals surface area contributed by atoms with Crippen molar-refractivity contribution < 1.29 is 5.11 Å². The van der Waals surface area contributed by atoms with Gasteiger partial charge < -0.3 is 10.8 Å². The number of hydrogen-bond donors (Lipinski definition) is 2. The third-order valence-corrected chi connectivity index (χ3v) is 2.19. The number of nitrogens with two attached hydrogens (primary N) is 1. The van der Waals surface area contributed by atoms with Crippen molar-refractivity contribution in [1.82, 2.24) is 0 Å². The summed E-state index contributed by atoms with van der Waals surface area (Å²) in [5.41, 5.74) is 7.07. The monoisotopic (exact) mass is 203 g/mol. The summed E-state index contributed by atoms with van der Waals surface area (Å²) in [4.78, 5) is 0. The van der Waals surface area contributed by atoms with Crippen LogP contribution in [-0.4, -0.2) is 11.2 Å². The van der Waals surface area contributed by atoms with Gasteiger partial charge in [0, 0.05) is 6.04 Å². The minimum atomic E-state index is -0.576. The van der Waals surface area contributed by atoms with Gasteiger partial charge in [-0.3, -0.25) is 0 Å². The molecule has 1 aromatic rings. The minimum absolute atomic E-state index is 0.0144. The van der Waals surface area contributed by atoms with Gasteiger partial charge in [-0.15, -0.1) is 6.58 Å². The minimum Gasteiger partial charge on any atom is -0.385 e. The van der Waals surface area contributed by atoms with Crippen molar-refractivity contribution >= 4 is 0 Å². The van der Waals surface area contributed by atoms with Gasteiger partial charge in [0.1, 0.15) is 0 Å². The third-order valence-electron chi connectivity index (χ3n) is 2.19. The first-order valence-electron chi connectivity index (χ1n) is 5.02. The van der Waals surface area contributed by atoms with Crippen molar-refractivity contribution in [2.24, 2.45) is 5.73 Å². The van der Waals surface area contributed by atoms with Crippen molar-refractivity contribution in [3.8, 4) is 0 Å². The molecular formula is C13H17NO. The van der Waals surface area contributed by atoms with Crippen LogP contribution in [0.3, 0.4) is 0 Å². The summed E-state index contributed by atoms with van der Waals surface area (Å²) in [6, 6.07) is 9.90. The fourth-order valence-corrected chi connectivity index (χ4v) is 1.28. The zero-order valence-electron chi connectivity index (χ0n) is 8.71. The van der Waals surface area contributed by atoms with Gasteiger partial charge in [-0.1, -0.05) is 48.6 Å². The van der Waals surface area contributed by atoms with Gasteiger partial charge in [0.25, 0.3) is 0 Å². The van der Waals surface area contributed by atoms with E-state index in [1.54, 1.807) is 6.08 Å². The van der Waals surface area contributed by atoms with Crippen LogP contribution in [0.1, 0.15) is 18.0 Å². The van der Waals surface area contributed by atoms with E-state index in [1.165, 1.54) is 6.08 Å². The molecule has 0 aliphatic heterocycles. The molecule has 3 N–H and O–H groups in total. The Morgan fingerprint density at radius 1 is 1.33 bits per heavy atom. The smallest absolute Gasteiger partial charge is 0.0900 e. The molecule has 0 radical (unpaired) electrons.